The molecule has 2 rings (SSSR count). The monoisotopic (exact) mass is 292 g/mol. The van der Waals surface area contributed by atoms with E-state index in [9.17, 15) is 9.00 Å². The molecule has 0 aromatic heterocycles. The molecule has 1 N–H and O–H groups in total. The molecule has 1 aliphatic rings. The summed E-state index contributed by atoms with van der Waals surface area (Å²) in [4.78, 5) is 11.7. The first-order valence-electron chi connectivity index (χ1n) is 6.15. The van der Waals surface area contributed by atoms with E-state index in [-0.39, 0.29) is 5.91 Å². The molecule has 0 saturated carbocycles. The van der Waals surface area contributed by atoms with Crippen molar-refractivity contribution < 1.29 is 13.7 Å². The van der Waals surface area contributed by atoms with Gasteiger partial charge >= 0.3 is 0 Å². The Hall–Kier alpha value is -1.95. The molecule has 0 radical (unpaired) electrons. The van der Waals surface area contributed by atoms with Crippen molar-refractivity contribution >= 4 is 28.5 Å². The second-order valence-electron chi connectivity index (χ2n) is 4.30. The molecule has 1 heterocycles. The summed E-state index contributed by atoms with van der Waals surface area (Å²) in [6.45, 7) is 0. The fraction of sp³-hybridized carbons (Fsp3) is 0.286. The fourth-order valence-electron chi connectivity index (χ4n) is 1.90. The lowest BCUT2D eigenvalue weighted by molar-refractivity contribution is -0.121. The highest BCUT2D eigenvalue weighted by Crippen LogP contribution is 2.26. The number of benzene rings is 1. The molecule has 1 aromatic rings. The molecular formula is C14H16N2O3S. The van der Waals surface area contributed by atoms with Crippen LogP contribution in [0.25, 0.3) is 6.08 Å². The standard InChI is InChI=1S/C14H16N2O3S/c1-19-12-4-3-5-13(20(2)18)11(12)8-6-10-7-9-14(17)16-15-10/h3-6,8H,7,9H2,1-2H3,(H,16,17). The summed E-state index contributed by atoms with van der Waals surface area (Å²) >= 11 is 0. The predicted octanol–water partition coefficient (Wildman–Crippen LogP) is 1.71. The van der Waals surface area contributed by atoms with E-state index >= 15 is 0 Å². The highest BCUT2D eigenvalue weighted by atomic mass is 32.2. The average molecular weight is 292 g/mol. The van der Waals surface area contributed by atoms with Crippen LogP contribution in [0.3, 0.4) is 0 Å². The molecule has 106 valence electrons. The lowest BCUT2D eigenvalue weighted by Crippen LogP contribution is -2.24. The maximum absolute atomic E-state index is 11.8. The maximum atomic E-state index is 11.8. The molecule has 0 aliphatic carbocycles. The number of carbonyl (C=O) groups excluding carboxylic acids is 1. The molecule has 1 aliphatic heterocycles. The van der Waals surface area contributed by atoms with Gasteiger partial charge in [-0.15, -0.1) is 0 Å². The molecule has 1 atom stereocenters. The third kappa shape index (κ3) is 3.33. The zero-order valence-electron chi connectivity index (χ0n) is 11.4. The second-order valence-corrected chi connectivity index (χ2v) is 5.65. The van der Waals surface area contributed by atoms with Crippen LogP contribution in [-0.2, 0) is 15.6 Å². The number of allylic oxidation sites excluding steroid dienone is 1. The Morgan fingerprint density at radius 2 is 2.15 bits per heavy atom. The van der Waals surface area contributed by atoms with E-state index < -0.39 is 10.8 Å². The Morgan fingerprint density at radius 1 is 1.35 bits per heavy atom. The van der Waals surface area contributed by atoms with Crippen molar-refractivity contribution in [2.24, 2.45) is 5.10 Å². The van der Waals surface area contributed by atoms with Gasteiger partial charge in [-0.25, -0.2) is 5.43 Å². The minimum atomic E-state index is -1.11. The van der Waals surface area contributed by atoms with Crippen molar-refractivity contribution in [3.05, 3.63) is 29.8 Å². The molecule has 20 heavy (non-hydrogen) atoms. The molecule has 6 heteroatoms. The van der Waals surface area contributed by atoms with Gasteiger partial charge in [0.15, 0.2) is 0 Å². The Labute approximate surface area is 120 Å². The van der Waals surface area contributed by atoms with Crippen LogP contribution in [0.4, 0.5) is 0 Å². The van der Waals surface area contributed by atoms with Crippen LogP contribution in [0.15, 0.2) is 34.3 Å². The third-order valence-electron chi connectivity index (χ3n) is 2.93. The molecule has 1 unspecified atom stereocenters. The van der Waals surface area contributed by atoms with Gasteiger partial charge in [0.05, 0.1) is 23.6 Å². The normalized spacial score (nSPS) is 16.7. The van der Waals surface area contributed by atoms with Crippen LogP contribution >= 0.6 is 0 Å². The lowest BCUT2D eigenvalue weighted by Gasteiger charge is -2.10. The highest BCUT2D eigenvalue weighted by Gasteiger charge is 2.11. The van der Waals surface area contributed by atoms with Crippen molar-refractivity contribution in [2.75, 3.05) is 13.4 Å². The molecule has 1 amide bonds. The average Bonchev–Trinajstić information content (AvgIpc) is 2.46. The molecular weight excluding hydrogens is 276 g/mol. The van der Waals surface area contributed by atoms with Gasteiger partial charge in [0.1, 0.15) is 5.75 Å². The Balaban J connectivity index is 2.32. The zero-order valence-corrected chi connectivity index (χ0v) is 12.2. The number of nitrogens with one attached hydrogen (secondary N) is 1. The largest absolute Gasteiger partial charge is 0.496 e. The molecule has 5 nitrogen and oxygen atoms in total. The first-order valence-corrected chi connectivity index (χ1v) is 7.71. The molecule has 0 fully saturated rings. The van der Waals surface area contributed by atoms with Gasteiger partial charge in [-0.2, -0.15) is 5.10 Å². The van der Waals surface area contributed by atoms with E-state index in [0.29, 0.717) is 23.5 Å². The quantitative estimate of drug-likeness (QED) is 0.918. The number of hydrazone groups is 1. The second kappa shape index (κ2) is 6.47. The van der Waals surface area contributed by atoms with E-state index in [0.717, 1.165) is 11.3 Å². The molecule has 1 aromatic carbocycles. The SMILES string of the molecule is COc1cccc(S(C)=O)c1C=CC1=NNC(=O)CC1. The maximum Gasteiger partial charge on any atom is 0.240 e. The lowest BCUT2D eigenvalue weighted by atomic mass is 10.1. The van der Waals surface area contributed by atoms with E-state index in [1.54, 1.807) is 13.4 Å². The van der Waals surface area contributed by atoms with Gasteiger partial charge in [-0.1, -0.05) is 6.07 Å². The topological polar surface area (TPSA) is 67.8 Å². The first-order chi connectivity index (χ1) is 9.61. The summed E-state index contributed by atoms with van der Waals surface area (Å²) in [5.74, 6) is 0.587. The van der Waals surface area contributed by atoms with Gasteiger partial charge in [0.25, 0.3) is 0 Å². The van der Waals surface area contributed by atoms with Crippen LogP contribution in [0.5, 0.6) is 5.75 Å². The number of methoxy groups -OCH3 is 1. The third-order valence-corrected chi connectivity index (χ3v) is 3.91. The Morgan fingerprint density at radius 3 is 2.75 bits per heavy atom. The minimum absolute atomic E-state index is 0.0743. The van der Waals surface area contributed by atoms with Crippen molar-refractivity contribution in [1.82, 2.24) is 5.43 Å². The van der Waals surface area contributed by atoms with Crippen LogP contribution in [0, 0.1) is 0 Å². The van der Waals surface area contributed by atoms with Gasteiger partial charge in [-0.05, 0) is 24.3 Å². The Bertz CT molecular complexity index is 608. The number of nitrogens with zero attached hydrogens (tertiary/aromatic N) is 1. The van der Waals surface area contributed by atoms with Crippen molar-refractivity contribution in [3.8, 4) is 5.75 Å². The highest BCUT2D eigenvalue weighted by molar-refractivity contribution is 7.84. The zero-order chi connectivity index (χ0) is 14.5. The minimum Gasteiger partial charge on any atom is -0.496 e. The van der Waals surface area contributed by atoms with Crippen LogP contribution < -0.4 is 10.2 Å². The van der Waals surface area contributed by atoms with Crippen molar-refractivity contribution in [3.63, 3.8) is 0 Å². The number of amides is 1. The number of rotatable bonds is 4. The fourth-order valence-corrected chi connectivity index (χ4v) is 2.65. The van der Waals surface area contributed by atoms with Crippen LogP contribution in [-0.4, -0.2) is 29.2 Å². The van der Waals surface area contributed by atoms with E-state index in [4.69, 9.17) is 4.74 Å². The van der Waals surface area contributed by atoms with Gasteiger partial charge < -0.3 is 4.74 Å². The summed E-state index contributed by atoms with van der Waals surface area (Å²) < 4.78 is 17.1. The summed E-state index contributed by atoms with van der Waals surface area (Å²) in [7, 11) is 0.471. The van der Waals surface area contributed by atoms with Crippen LogP contribution in [0.2, 0.25) is 0 Å². The van der Waals surface area contributed by atoms with Gasteiger partial charge in [0.2, 0.25) is 5.91 Å². The molecule has 0 spiro atoms. The summed E-state index contributed by atoms with van der Waals surface area (Å²) in [5, 5.41) is 3.97. The summed E-state index contributed by atoms with van der Waals surface area (Å²) in [6.07, 6.45) is 6.30. The van der Waals surface area contributed by atoms with Crippen molar-refractivity contribution in [2.45, 2.75) is 17.7 Å². The summed E-state index contributed by atoms with van der Waals surface area (Å²) in [6, 6.07) is 5.44. The Kier molecular flexibility index (Phi) is 4.68. The predicted molar refractivity (Wildman–Crippen MR) is 79.2 cm³/mol. The van der Waals surface area contributed by atoms with Crippen molar-refractivity contribution in [1.29, 1.82) is 0 Å². The summed E-state index contributed by atoms with van der Waals surface area (Å²) in [5.41, 5.74) is 4.00. The molecule has 0 bridgehead atoms. The van der Waals surface area contributed by atoms with E-state index in [1.807, 2.05) is 30.4 Å². The van der Waals surface area contributed by atoms with Gasteiger partial charge in [-0.3, -0.25) is 9.00 Å². The number of carbonyl (C=O) groups is 1. The first kappa shape index (κ1) is 14.5. The number of ether oxygens (including phenoxy) is 1. The van der Waals surface area contributed by atoms with E-state index in [2.05, 4.69) is 10.5 Å². The molecule has 0 saturated heterocycles. The van der Waals surface area contributed by atoms with Crippen LogP contribution in [0.1, 0.15) is 18.4 Å². The number of hydrogen-bond acceptors (Lipinski definition) is 4. The van der Waals surface area contributed by atoms with E-state index in [1.165, 1.54) is 0 Å². The number of hydrogen-bond donors (Lipinski definition) is 1. The van der Waals surface area contributed by atoms with Gasteiger partial charge in [0, 0.05) is 29.6 Å². The smallest absolute Gasteiger partial charge is 0.240 e.